The van der Waals surface area contributed by atoms with E-state index < -0.39 is 5.97 Å². The van der Waals surface area contributed by atoms with Crippen molar-refractivity contribution >= 4 is 5.97 Å². The molecule has 0 aromatic rings. The summed E-state index contributed by atoms with van der Waals surface area (Å²) in [7, 11) is 0. The van der Waals surface area contributed by atoms with Crippen LogP contribution in [0.2, 0.25) is 0 Å². The second kappa shape index (κ2) is 17.0. The van der Waals surface area contributed by atoms with Crippen molar-refractivity contribution in [2.45, 2.75) is 83.7 Å². The molecule has 0 amide bonds. The van der Waals surface area contributed by atoms with Gasteiger partial charge in [0.1, 0.15) is 0 Å². The van der Waals surface area contributed by atoms with Crippen LogP contribution in [0.15, 0.2) is 36.5 Å². The maximum atomic E-state index is 10.2. The minimum absolute atomic E-state index is 0.144. The Bertz CT molecular complexity index is 354. The predicted molar refractivity (Wildman–Crippen MR) is 94.9 cm³/mol. The summed E-state index contributed by atoms with van der Waals surface area (Å²) in [5.41, 5.74) is 0. The Balaban J connectivity index is 3.32. The lowest BCUT2D eigenvalue weighted by Gasteiger charge is -2.02. The largest absolute Gasteiger partial charge is 0.550 e. The number of aliphatic hydroxyl groups excluding tert-OH is 1. The fraction of sp³-hybridized carbons (Fsp3) is 0.650. The molecule has 132 valence electrons. The molecule has 0 aromatic carbocycles. The molecule has 0 rings (SSSR count). The first-order valence-corrected chi connectivity index (χ1v) is 8.96. The van der Waals surface area contributed by atoms with Gasteiger partial charge in [0.05, 0.1) is 6.10 Å². The van der Waals surface area contributed by atoms with Crippen LogP contribution in [-0.4, -0.2) is 17.2 Å². The maximum absolute atomic E-state index is 10.2. The Morgan fingerprint density at radius 2 is 1.39 bits per heavy atom. The van der Waals surface area contributed by atoms with Crippen molar-refractivity contribution in [1.29, 1.82) is 0 Å². The monoisotopic (exact) mass is 321 g/mol. The molecule has 0 spiro atoms. The molecule has 0 saturated carbocycles. The quantitative estimate of drug-likeness (QED) is 0.365. The van der Waals surface area contributed by atoms with Gasteiger partial charge in [0.15, 0.2) is 0 Å². The number of carbonyl (C=O) groups is 1. The Kier molecular flexibility index (Phi) is 16.0. The van der Waals surface area contributed by atoms with E-state index in [-0.39, 0.29) is 12.5 Å². The Morgan fingerprint density at radius 3 is 1.96 bits per heavy atom. The second-order valence-corrected chi connectivity index (χ2v) is 5.99. The molecule has 3 nitrogen and oxygen atoms in total. The number of carboxylic acid groups (broad SMARTS) is 1. The summed E-state index contributed by atoms with van der Waals surface area (Å²) in [5.74, 6) is -0.968. The van der Waals surface area contributed by atoms with Gasteiger partial charge in [-0.3, -0.25) is 0 Å². The van der Waals surface area contributed by atoms with Crippen molar-refractivity contribution in [1.82, 2.24) is 0 Å². The average molecular weight is 321 g/mol. The zero-order chi connectivity index (χ0) is 17.2. The lowest BCUT2D eigenvalue weighted by atomic mass is 10.1. The first kappa shape index (κ1) is 21.6. The molecule has 0 aliphatic heterocycles. The summed E-state index contributed by atoms with van der Waals surface area (Å²) in [5, 5.41) is 19.4. The van der Waals surface area contributed by atoms with E-state index in [2.05, 4.69) is 30.4 Å². The van der Waals surface area contributed by atoms with Crippen LogP contribution in [0, 0.1) is 0 Å². The molecule has 3 heteroatoms. The van der Waals surface area contributed by atoms with Crippen LogP contribution in [0.4, 0.5) is 0 Å². The highest BCUT2D eigenvalue weighted by Gasteiger charge is 1.94. The van der Waals surface area contributed by atoms with Crippen LogP contribution in [0.1, 0.15) is 77.6 Å². The fourth-order valence-corrected chi connectivity index (χ4v) is 2.20. The Morgan fingerprint density at radius 1 is 0.870 bits per heavy atom. The van der Waals surface area contributed by atoms with E-state index in [0.717, 1.165) is 38.5 Å². The first-order valence-electron chi connectivity index (χ1n) is 8.96. The molecular weight excluding hydrogens is 288 g/mol. The van der Waals surface area contributed by atoms with Gasteiger partial charge in [-0.1, -0.05) is 55.7 Å². The number of unbranched alkanes of at least 4 members (excludes halogenated alkanes) is 5. The summed E-state index contributed by atoms with van der Waals surface area (Å²) in [6.45, 7) is 1.85. The summed E-state index contributed by atoms with van der Waals surface area (Å²) in [4.78, 5) is 10.2. The van der Waals surface area contributed by atoms with Crippen LogP contribution in [0.5, 0.6) is 0 Å². The lowest BCUT2D eigenvalue weighted by molar-refractivity contribution is -0.305. The van der Waals surface area contributed by atoms with Crippen molar-refractivity contribution in [2.24, 2.45) is 0 Å². The molecule has 23 heavy (non-hydrogen) atoms. The van der Waals surface area contributed by atoms with Crippen LogP contribution >= 0.6 is 0 Å². The molecule has 0 heterocycles. The summed E-state index contributed by atoms with van der Waals surface area (Å²) in [6.07, 6.45) is 23.1. The number of carboxylic acids is 1. The number of aliphatic hydroxyl groups is 1. The third-order valence-electron chi connectivity index (χ3n) is 3.54. The van der Waals surface area contributed by atoms with Crippen LogP contribution < -0.4 is 5.11 Å². The molecule has 1 N–H and O–H groups in total. The van der Waals surface area contributed by atoms with Gasteiger partial charge < -0.3 is 15.0 Å². The van der Waals surface area contributed by atoms with Crippen LogP contribution in [0.25, 0.3) is 0 Å². The number of hydrogen-bond donors (Lipinski definition) is 1. The zero-order valence-electron chi connectivity index (χ0n) is 14.6. The van der Waals surface area contributed by atoms with Crippen molar-refractivity contribution in [3.63, 3.8) is 0 Å². The number of carbonyl (C=O) groups excluding carboxylic acids is 1. The number of aliphatic carboxylic acids is 1. The van der Waals surface area contributed by atoms with Gasteiger partial charge in [-0.15, -0.1) is 0 Å². The molecule has 0 radical (unpaired) electrons. The van der Waals surface area contributed by atoms with Gasteiger partial charge >= 0.3 is 0 Å². The Labute approximate surface area is 141 Å². The smallest absolute Gasteiger partial charge is 0.0512 e. The fourth-order valence-electron chi connectivity index (χ4n) is 2.20. The van der Waals surface area contributed by atoms with Gasteiger partial charge in [0.25, 0.3) is 0 Å². The van der Waals surface area contributed by atoms with Crippen LogP contribution in [0.3, 0.4) is 0 Å². The van der Waals surface area contributed by atoms with Crippen molar-refractivity contribution < 1.29 is 15.0 Å². The van der Waals surface area contributed by atoms with Gasteiger partial charge in [0, 0.05) is 5.97 Å². The highest BCUT2D eigenvalue weighted by molar-refractivity contribution is 5.64. The van der Waals surface area contributed by atoms with Gasteiger partial charge in [-0.05, 0) is 58.3 Å². The SMILES string of the molecule is CC(O)CCCCCC/C=C\C/C=C\C/C=C\CCCC(=O)[O-]. The second-order valence-electron chi connectivity index (χ2n) is 5.99. The normalized spacial score (nSPS) is 13.5. The lowest BCUT2D eigenvalue weighted by Crippen LogP contribution is -2.21. The average Bonchev–Trinajstić information content (AvgIpc) is 2.49. The van der Waals surface area contributed by atoms with E-state index >= 15 is 0 Å². The summed E-state index contributed by atoms with van der Waals surface area (Å²) in [6, 6.07) is 0. The highest BCUT2D eigenvalue weighted by atomic mass is 16.4. The zero-order valence-corrected chi connectivity index (χ0v) is 14.6. The molecule has 0 bridgehead atoms. The van der Waals surface area contributed by atoms with E-state index in [1.807, 2.05) is 13.0 Å². The number of allylic oxidation sites excluding steroid dienone is 6. The molecule has 0 aliphatic rings. The van der Waals surface area contributed by atoms with E-state index in [9.17, 15) is 9.90 Å². The van der Waals surface area contributed by atoms with E-state index in [1.54, 1.807) is 0 Å². The topological polar surface area (TPSA) is 60.4 Å². The minimum Gasteiger partial charge on any atom is -0.550 e. The molecular formula is C20H33O3-. The summed E-state index contributed by atoms with van der Waals surface area (Å²) >= 11 is 0. The third kappa shape index (κ3) is 20.6. The van der Waals surface area contributed by atoms with Crippen molar-refractivity contribution in [3.8, 4) is 0 Å². The van der Waals surface area contributed by atoms with E-state index in [1.165, 1.54) is 19.3 Å². The molecule has 0 aromatic heterocycles. The number of rotatable bonds is 15. The Hall–Kier alpha value is -1.35. The minimum atomic E-state index is -0.968. The molecule has 1 unspecified atom stereocenters. The molecule has 0 saturated heterocycles. The third-order valence-corrected chi connectivity index (χ3v) is 3.54. The standard InChI is InChI=1S/C20H34O3/c1-19(21)17-15-13-11-9-7-5-3-2-4-6-8-10-12-14-16-18-20(22)23/h3-6,10,12,19,21H,2,7-9,11,13-18H2,1H3,(H,22,23)/p-1/b5-3-,6-4-,12-10-. The van der Waals surface area contributed by atoms with E-state index in [0.29, 0.717) is 6.42 Å². The maximum Gasteiger partial charge on any atom is 0.0512 e. The summed E-state index contributed by atoms with van der Waals surface area (Å²) < 4.78 is 0. The van der Waals surface area contributed by atoms with Crippen LogP contribution in [-0.2, 0) is 4.79 Å². The predicted octanol–water partition coefficient (Wildman–Crippen LogP) is 4.08. The molecule has 0 aliphatic carbocycles. The first-order chi connectivity index (χ1) is 11.1. The van der Waals surface area contributed by atoms with E-state index in [4.69, 9.17) is 5.11 Å². The van der Waals surface area contributed by atoms with Crippen molar-refractivity contribution in [2.75, 3.05) is 0 Å². The van der Waals surface area contributed by atoms with Crippen molar-refractivity contribution in [3.05, 3.63) is 36.5 Å². The van der Waals surface area contributed by atoms with Gasteiger partial charge in [0.2, 0.25) is 0 Å². The molecule has 1 atom stereocenters. The highest BCUT2D eigenvalue weighted by Crippen LogP contribution is 2.07. The number of hydrogen-bond acceptors (Lipinski definition) is 3. The van der Waals surface area contributed by atoms with Gasteiger partial charge in [-0.25, -0.2) is 0 Å². The molecule has 0 fully saturated rings. The van der Waals surface area contributed by atoms with Gasteiger partial charge in [-0.2, -0.15) is 0 Å².